The van der Waals surface area contributed by atoms with E-state index in [1.54, 1.807) is 22.0 Å². The van der Waals surface area contributed by atoms with E-state index < -0.39 is 0 Å². The van der Waals surface area contributed by atoms with Crippen LogP contribution in [0.25, 0.3) is 16.8 Å². The van der Waals surface area contributed by atoms with E-state index >= 15 is 0 Å². The van der Waals surface area contributed by atoms with Gasteiger partial charge in [0.15, 0.2) is 0 Å². The van der Waals surface area contributed by atoms with Gasteiger partial charge in [-0.3, -0.25) is 9.36 Å². The Bertz CT molecular complexity index is 756. The maximum atomic E-state index is 12.0. The van der Waals surface area contributed by atoms with E-state index in [2.05, 4.69) is 11.4 Å². The maximum absolute atomic E-state index is 12.0. The molecule has 2 nitrogen and oxygen atoms in total. The van der Waals surface area contributed by atoms with E-state index in [1.165, 1.54) is 0 Å². The molecule has 0 spiro atoms. The first-order valence-electron chi connectivity index (χ1n) is 6.06. The normalized spacial score (nSPS) is 10.6. The summed E-state index contributed by atoms with van der Waals surface area (Å²) in [5.74, 6) is 0. The van der Waals surface area contributed by atoms with Crippen molar-refractivity contribution in [3.63, 3.8) is 0 Å². The molecule has 2 heterocycles. The van der Waals surface area contributed by atoms with Gasteiger partial charge in [-0.25, -0.2) is 0 Å². The van der Waals surface area contributed by atoms with Gasteiger partial charge in [-0.2, -0.15) is 11.3 Å². The molecule has 3 aromatic rings. The average molecular weight is 267 g/mol. The predicted octanol–water partition coefficient (Wildman–Crippen LogP) is 3.87. The number of benzene rings is 1. The van der Waals surface area contributed by atoms with Crippen molar-refractivity contribution >= 4 is 11.3 Å². The van der Waals surface area contributed by atoms with Crippen molar-refractivity contribution in [2.24, 2.45) is 0 Å². The Morgan fingerprint density at radius 3 is 2.68 bits per heavy atom. The van der Waals surface area contributed by atoms with Crippen molar-refractivity contribution in [3.8, 4) is 16.8 Å². The Morgan fingerprint density at radius 1 is 1.05 bits per heavy atom. The number of nitrogens with zero attached hydrogens (tertiary/aromatic N) is 1. The summed E-state index contributed by atoms with van der Waals surface area (Å²) in [5.41, 5.74) is 4.24. The highest BCUT2D eigenvalue weighted by Crippen LogP contribution is 2.21. The number of thiophene rings is 1. The van der Waals surface area contributed by atoms with Crippen LogP contribution in [-0.2, 0) is 0 Å². The lowest BCUT2D eigenvalue weighted by atomic mass is 10.1. The first-order valence-corrected chi connectivity index (χ1v) is 7.01. The van der Waals surface area contributed by atoms with Gasteiger partial charge in [-0.15, -0.1) is 0 Å². The molecule has 94 valence electrons. The van der Waals surface area contributed by atoms with Crippen molar-refractivity contribution in [1.29, 1.82) is 0 Å². The maximum Gasteiger partial charge on any atom is 0.255 e. The molecular weight excluding hydrogens is 254 g/mol. The first-order chi connectivity index (χ1) is 9.24. The molecule has 0 saturated heterocycles. The van der Waals surface area contributed by atoms with Crippen LogP contribution >= 0.6 is 11.3 Å². The summed E-state index contributed by atoms with van der Waals surface area (Å²) in [5, 5.41) is 4.12. The van der Waals surface area contributed by atoms with Crippen molar-refractivity contribution in [2.75, 3.05) is 0 Å². The summed E-state index contributed by atoms with van der Waals surface area (Å²) in [6.45, 7) is 2.03. The van der Waals surface area contributed by atoms with E-state index in [9.17, 15) is 4.79 Å². The van der Waals surface area contributed by atoms with Crippen LogP contribution < -0.4 is 5.56 Å². The molecule has 3 heteroatoms. The van der Waals surface area contributed by atoms with Crippen molar-refractivity contribution in [2.45, 2.75) is 6.92 Å². The monoisotopic (exact) mass is 267 g/mol. The second-order valence-electron chi connectivity index (χ2n) is 4.48. The van der Waals surface area contributed by atoms with E-state index in [1.807, 2.05) is 48.8 Å². The molecule has 0 unspecified atom stereocenters. The summed E-state index contributed by atoms with van der Waals surface area (Å²) < 4.78 is 1.69. The Kier molecular flexibility index (Phi) is 3.05. The number of aryl methyl sites for hydroxylation is 1. The zero-order valence-corrected chi connectivity index (χ0v) is 11.4. The van der Waals surface area contributed by atoms with E-state index in [0.717, 1.165) is 22.4 Å². The molecule has 0 N–H and O–H groups in total. The van der Waals surface area contributed by atoms with Gasteiger partial charge in [0, 0.05) is 18.0 Å². The van der Waals surface area contributed by atoms with E-state index in [4.69, 9.17) is 0 Å². The molecule has 0 bridgehead atoms. The highest BCUT2D eigenvalue weighted by atomic mass is 32.1. The Hall–Kier alpha value is -2.13. The van der Waals surface area contributed by atoms with Gasteiger partial charge >= 0.3 is 0 Å². The zero-order chi connectivity index (χ0) is 13.2. The van der Waals surface area contributed by atoms with Gasteiger partial charge < -0.3 is 0 Å². The zero-order valence-electron chi connectivity index (χ0n) is 10.5. The Labute approximate surface area is 115 Å². The summed E-state index contributed by atoms with van der Waals surface area (Å²) in [4.78, 5) is 12.0. The third kappa shape index (κ3) is 2.37. The second-order valence-corrected chi connectivity index (χ2v) is 5.26. The molecule has 0 aliphatic rings. The van der Waals surface area contributed by atoms with E-state index in [0.29, 0.717) is 0 Å². The molecule has 0 atom stereocenters. The molecular formula is C16H13NOS. The van der Waals surface area contributed by atoms with E-state index in [-0.39, 0.29) is 5.56 Å². The highest BCUT2D eigenvalue weighted by molar-refractivity contribution is 7.08. The minimum atomic E-state index is -0.00965. The average Bonchev–Trinajstić information content (AvgIpc) is 2.93. The molecule has 0 amide bonds. The van der Waals surface area contributed by atoms with Crippen LogP contribution in [0.4, 0.5) is 0 Å². The van der Waals surface area contributed by atoms with Gasteiger partial charge in [0.25, 0.3) is 5.56 Å². The molecule has 1 aromatic carbocycles. The van der Waals surface area contributed by atoms with Gasteiger partial charge in [0.05, 0.1) is 0 Å². The van der Waals surface area contributed by atoms with Crippen LogP contribution in [0, 0.1) is 6.92 Å². The fraction of sp³-hybridized carbons (Fsp3) is 0.0625. The van der Waals surface area contributed by atoms with Crippen molar-refractivity contribution < 1.29 is 0 Å². The Balaban J connectivity index is 2.16. The lowest BCUT2D eigenvalue weighted by molar-refractivity contribution is 0.990. The van der Waals surface area contributed by atoms with Crippen molar-refractivity contribution in [1.82, 2.24) is 4.57 Å². The molecule has 3 rings (SSSR count). The van der Waals surface area contributed by atoms with Gasteiger partial charge in [-0.1, -0.05) is 12.1 Å². The van der Waals surface area contributed by atoms with Crippen LogP contribution in [-0.4, -0.2) is 4.57 Å². The number of hydrogen-bond acceptors (Lipinski definition) is 2. The third-order valence-electron chi connectivity index (χ3n) is 3.05. The van der Waals surface area contributed by atoms with Crippen LogP contribution in [0.15, 0.2) is 64.2 Å². The SMILES string of the molecule is Cc1cccc(-n2cc(-c3ccsc3)ccc2=O)c1. The summed E-state index contributed by atoms with van der Waals surface area (Å²) in [6, 6.07) is 13.5. The smallest absolute Gasteiger partial charge is 0.255 e. The fourth-order valence-corrected chi connectivity index (χ4v) is 2.73. The molecule has 19 heavy (non-hydrogen) atoms. The Morgan fingerprint density at radius 2 is 1.95 bits per heavy atom. The molecule has 2 aromatic heterocycles. The van der Waals surface area contributed by atoms with Crippen LogP contribution in [0.3, 0.4) is 0 Å². The number of rotatable bonds is 2. The summed E-state index contributed by atoms with van der Waals surface area (Å²) in [6.07, 6.45) is 1.90. The number of pyridine rings is 1. The lowest BCUT2D eigenvalue weighted by Gasteiger charge is -2.08. The van der Waals surface area contributed by atoms with Crippen LogP contribution in [0.1, 0.15) is 5.56 Å². The van der Waals surface area contributed by atoms with Gasteiger partial charge in [-0.05, 0) is 58.6 Å². The quantitative estimate of drug-likeness (QED) is 0.690. The number of hydrogen-bond donors (Lipinski definition) is 0. The predicted molar refractivity (Wildman–Crippen MR) is 80.1 cm³/mol. The minimum Gasteiger partial charge on any atom is -0.284 e. The third-order valence-corrected chi connectivity index (χ3v) is 3.73. The molecule has 0 aliphatic carbocycles. The largest absolute Gasteiger partial charge is 0.284 e. The summed E-state index contributed by atoms with van der Waals surface area (Å²) >= 11 is 1.66. The van der Waals surface area contributed by atoms with Gasteiger partial charge in [0.2, 0.25) is 0 Å². The lowest BCUT2D eigenvalue weighted by Crippen LogP contribution is -2.16. The molecule has 0 aliphatic heterocycles. The standard InChI is InChI=1S/C16H13NOS/c1-12-3-2-4-15(9-12)17-10-13(5-6-16(17)18)14-7-8-19-11-14/h2-11H,1H3. The molecule has 0 radical (unpaired) electrons. The number of aromatic nitrogens is 1. The van der Waals surface area contributed by atoms with Gasteiger partial charge in [0.1, 0.15) is 0 Å². The van der Waals surface area contributed by atoms with Crippen LogP contribution in [0.2, 0.25) is 0 Å². The minimum absolute atomic E-state index is 0.00965. The van der Waals surface area contributed by atoms with Crippen LogP contribution in [0.5, 0.6) is 0 Å². The highest BCUT2D eigenvalue weighted by Gasteiger charge is 2.03. The fourth-order valence-electron chi connectivity index (χ4n) is 2.07. The summed E-state index contributed by atoms with van der Waals surface area (Å²) in [7, 11) is 0. The topological polar surface area (TPSA) is 22.0 Å². The molecule has 0 fully saturated rings. The van der Waals surface area contributed by atoms with Crippen molar-refractivity contribution in [3.05, 3.63) is 75.3 Å². The molecule has 0 saturated carbocycles. The first kappa shape index (κ1) is 11.9. The second kappa shape index (κ2) is 4.86.